The van der Waals surface area contributed by atoms with Gasteiger partial charge in [-0.05, 0) is 0 Å². The average Bonchev–Trinajstić information content (AvgIpc) is 1.85. The molecule has 4 heteroatoms. The zero-order valence-electron chi connectivity index (χ0n) is 5.78. The van der Waals surface area contributed by atoms with E-state index in [9.17, 15) is 9.59 Å². The molecule has 4 nitrogen and oxygen atoms in total. The van der Waals surface area contributed by atoms with Crippen molar-refractivity contribution in [2.45, 2.75) is 18.9 Å². The molecule has 0 aliphatic rings. The first-order valence-corrected chi connectivity index (χ1v) is 2.94. The second kappa shape index (κ2) is 4.47. The van der Waals surface area contributed by atoms with Crippen molar-refractivity contribution in [1.82, 2.24) is 0 Å². The third-order valence-electron chi connectivity index (χ3n) is 0.962. The quantitative estimate of drug-likeness (QED) is 0.421. The largest absolute Gasteiger partial charge is 0.481 e. The molecule has 2 N–H and O–H groups in total. The monoisotopic (exact) mass is 156 g/mol. The van der Waals surface area contributed by atoms with Crippen molar-refractivity contribution in [1.29, 1.82) is 0 Å². The van der Waals surface area contributed by atoms with Crippen LogP contribution < -0.4 is 0 Å². The predicted octanol–water partition coefficient (Wildman–Crippen LogP) is -0.586. The number of aliphatic hydroxyl groups is 1. The second-order valence-corrected chi connectivity index (χ2v) is 2.00. The number of hydrogen-bond donors (Lipinski definition) is 2. The van der Waals surface area contributed by atoms with Gasteiger partial charge in [0, 0.05) is 6.42 Å². The SMILES string of the molecule is C#CC(O)CC(=O)CC(=O)O. The Kier molecular flexibility index (Phi) is 3.93. The van der Waals surface area contributed by atoms with Gasteiger partial charge in [-0.3, -0.25) is 9.59 Å². The molecule has 11 heavy (non-hydrogen) atoms. The summed E-state index contributed by atoms with van der Waals surface area (Å²) in [6, 6.07) is 0. The highest BCUT2D eigenvalue weighted by atomic mass is 16.4. The van der Waals surface area contributed by atoms with E-state index in [1.807, 2.05) is 5.92 Å². The number of rotatable bonds is 4. The third kappa shape index (κ3) is 5.12. The summed E-state index contributed by atoms with van der Waals surface area (Å²) in [4.78, 5) is 20.5. The van der Waals surface area contributed by atoms with E-state index in [0.29, 0.717) is 0 Å². The van der Waals surface area contributed by atoms with Gasteiger partial charge < -0.3 is 10.2 Å². The topological polar surface area (TPSA) is 74.6 Å². The van der Waals surface area contributed by atoms with Crippen LogP contribution >= 0.6 is 0 Å². The molecule has 0 aliphatic heterocycles. The molecule has 1 atom stereocenters. The van der Waals surface area contributed by atoms with Gasteiger partial charge in [0.1, 0.15) is 18.3 Å². The Morgan fingerprint density at radius 3 is 2.45 bits per heavy atom. The van der Waals surface area contributed by atoms with Crippen LogP contribution in [0.15, 0.2) is 0 Å². The molecule has 1 unspecified atom stereocenters. The molecule has 0 aromatic heterocycles. The molecular weight excluding hydrogens is 148 g/mol. The maximum absolute atomic E-state index is 10.6. The Labute approximate surface area is 63.8 Å². The van der Waals surface area contributed by atoms with Crippen molar-refractivity contribution >= 4 is 11.8 Å². The van der Waals surface area contributed by atoms with Crippen molar-refractivity contribution in [2.75, 3.05) is 0 Å². The number of aliphatic hydroxyl groups excluding tert-OH is 1. The normalized spacial score (nSPS) is 11.6. The summed E-state index contributed by atoms with van der Waals surface area (Å²) in [6.45, 7) is 0. The van der Waals surface area contributed by atoms with Crippen LogP contribution in [0.5, 0.6) is 0 Å². The van der Waals surface area contributed by atoms with Crippen LogP contribution in [0.2, 0.25) is 0 Å². The van der Waals surface area contributed by atoms with Gasteiger partial charge in [-0.2, -0.15) is 0 Å². The van der Waals surface area contributed by atoms with Crippen LogP contribution in [0.4, 0.5) is 0 Å². The molecule has 60 valence electrons. The van der Waals surface area contributed by atoms with Gasteiger partial charge in [-0.25, -0.2) is 0 Å². The van der Waals surface area contributed by atoms with Gasteiger partial charge in [-0.15, -0.1) is 6.42 Å². The van der Waals surface area contributed by atoms with Crippen molar-refractivity contribution in [3.8, 4) is 12.3 Å². The summed E-state index contributed by atoms with van der Waals surface area (Å²) in [6.07, 6.45) is 2.71. The lowest BCUT2D eigenvalue weighted by molar-refractivity contribution is -0.140. The molecule has 0 heterocycles. The summed E-state index contributed by atoms with van der Waals surface area (Å²) in [7, 11) is 0. The van der Waals surface area contributed by atoms with Gasteiger partial charge in [0.25, 0.3) is 0 Å². The molecule has 0 radical (unpaired) electrons. The Morgan fingerprint density at radius 1 is 1.55 bits per heavy atom. The van der Waals surface area contributed by atoms with Crippen LogP contribution in [0, 0.1) is 12.3 Å². The molecule has 0 aromatic carbocycles. The van der Waals surface area contributed by atoms with E-state index in [1.54, 1.807) is 0 Å². The molecule has 0 bridgehead atoms. The molecule has 0 rings (SSSR count). The van der Waals surface area contributed by atoms with E-state index >= 15 is 0 Å². The summed E-state index contributed by atoms with van der Waals surface area (Å²) < 4.78 is 0. The summed E-state index contributed by atoms with van der Waals surface area (Å²) >= 11 is 0. The molecule has 0 aliphatic carbocycles. The van der Waals surface area contributed by atoms with Crippen LogP contribution in [0.1, 0.15) is 12.8 Å². The number of hydrogen-bond acceptors (Lipinski definition) is 3. The third-order valence-corrected chi connectivity index (χ3v) is 0.962. The highest BCUT2D eigenvalue weighted by Crippen LogP contribution is 1.94. The van der Waals surface area contributed by atoms with E-state index in [2.05, 4.69) is 0 Å². The fourth-order valence-corrected chi connectivity index (χ4v) is 0.515. The molecule has 0 amide bonds. The van der Waals surface area contributed by atoms with E-state index in [4.69, 9.17) is 16.6 Å². The fraction of sp³-hybridized carbons (Fsp3) is 0.429. The average molecular weight is 156 g/mol. The lowest BCUT2D eigenvalue weighted by atomic mass is 10.1. The lowest BCUT2D eigenvalue weighted by Crippen LogP contribution is -2.14. The van der Waals surface area contributed by atoms with E-state index in [1.165, 1.54) is 0 Å². The minimum atomic E-state index is -1.21. The second-order valence-electron chi connectivity index (χ2n) is 2.00. The van der Waals surface area contributed by atoms with Crippen LogP contribution in [-0.2, 0) is 9.59 Å². The van der Waals surface area contributed by atoms with Crippen molar-refractivity contribution in [3.05, 3.63) is 0 Å². The van der Waals surface area contributed by atoms with Crippen LogP contribution in [0.3, 0.4) is 0 Å². The Hall–Kier alpha value is -1.34. The fourth-order valence-electron chi connectivity index (χ4n) is 0.515. The summed E-state index contributed by atoms with van der Waals surface area (Å²) in [5, 5.41) is 16.8. The number of carbonyl (C=O) groups excluding carboxylic acids is 1. The molecule has 0 saturated carbocycles. The van der Waals surface area contributed by atoms with Crippen molar-refractivity contribution in [2.24, 2.45) is 0 Å². The maximum atomic E-state index is 10.6. The highest BCUT2D eigenvalue weighted by molar-refractivity contribution is 5.95. The molecular formula is C7H8O4. The molecule has 0 fully saturated rings. The smallest absolute Gasteiger partial charge is 0.310 e. The first kappa shape index (κ1) is 9.66. The molecule has 0 saturated heterocycles. The standard InChI is InChI=1S/C7H8O4/c1-2-5(8)3-6(9)4-7(10)11/h1,5,8H,3-4H2,(H,10,11). The predicted molar refractivity (Wildman–Crippen MR) is 36.7 cm³/mol. The number of carboxylic acid groups (broad SMARTS) is 1. The Balaban J connectivity index is 3.72. The van der Waals surface area contributed by atoms with Crippen LogP contribution in [-0.4, -0.2) is 28.1 Å². The minimum Gasteiger partial charge on any atom is -0.481 e. The Bertz CT molecular complexity index is 201. The van der Waals surface area contributed by atoms with E-state index in [0.717, 1.165) is 0 Å². The van der Waals surface area contributed by atoms with Gasteiger partial charge in [0.15, 0.2) is 0 Å². The number of carbonyl (C=O) groups is 2. The lowest BCUT2D eigenvalue weighted by Gasteiger charge is -1.98. The zero-order valence-corrected chi connectivity index (χ0v) is 5.78. The number of ketones is 1. The maximum Gasteiger partial charge on any atom is 0.310 e. The zero-order chi connectivity index (χ0) is 8.85. The van der Waals surface area contributed by atoms with Crippen LogP contribution in [0.25, 0.3) is 0 Å². The minimum absolute atomic E-state index is 0.289. The highest BCUT2D eigenvalue weighted by Gasteiger charge is 2.11. The molecule has 0 spiro atoms. The number of Topliss-reactive ketones (excluding diaryl/α,β-unsaturated/α-hetero) is 1. The summed E-state index contributed by atoms with van der Waals surface area (Å²) in [5.74, 6) is 0.135. The van der Waals surface area contributed by atoms with Crippen molar-refractivity contribution < 1.29 is 19.8 Å². The Morgan fingerprint density at radius 2 is 2.09 bits per heavy atom. The molecule has 0 aromatic rings. The first-order chi connectivity index (χ1) is 5.06. The van der Waals surface area contributed by atoms with Gasteiger partial charge in [-0.1, -0.05) is 5.92 Å². The van der Waals surface area contributed by atoms with Gasteiger partial charge in [0.05, 0.1) is 0 Å². The van der Waals surface area contributed by atoms with E-state index in [-0.39, 0.29) is 6.42 Å². The van der Waals surface area contributed by atoms with Gasteiger partial charge >= 0.3 is 5.97 Å². The number of carboxylic acids is 1. The van der Waals surface area contributed by atoms with Crippen molar-refractivity contribution in [3.63, 3.8) is 0 Å². The summed E-state index contributed by atoms with van der Waals surface area (Å²) in [5.41, 5.74) is 0. The number of terminal acetylenes is 1. The first-order valence-electron chi connectivity index (χ1n) is 2.94. The van der Waals surface area contributed by atoms with E-state index < -0.39 is 24.3 Å². The number of aliphatic carboxylic acids is 1. The van der Waals surface area contributed by atoms with Gasteiger partial charge in [0.2, 0.25) is 0 Å².